The average Bonchev–Trinajstić information content (AvgIpc) is 2.90. The Labute approximate surface area is 119 Å². The van der Waals surface area contributed by atoms with Gasteiger partial charge in [-0.25, -0.2) is 8.42 Å². The van der Waals surface area contributed by atoms with Crippen LogP contribution in [0.4, 0.5) is 0 Å². The van der Waals surface area contributed by atoms with E-state index in [1.54, 1.807) is 0 Å². The molecule has 1 aromatic carbocycles. The summed E-state index contributed by atoms with van der Waals surface area (Å²) in [6, 6.07) is 9.37. The van der Waals surface area contributed by atoms with Crippen molar-refractivity contribution < 1.29 is 13.2 Å². The van der Waals surface area contributed by atoms with Crippen LogP contribution >= 0.6 is 0 Å². The van der Waals surface area contributed by atoms with Gasteiger partial charge in [-0.3, -0.25) is 9.52 Å². The second kappa shape index (κ2) is 6.85. The van der Waals surface area contributed by atoms with Crippen LogP contribution in [0.1, 0.15) is 18.4 Å². The summed E-state index contributed by atoms with van der Waals surface area (Å²) < 4.78 is 25.8. The lowest BCUT2D eigenvalue weighted by Crippen LogP contribution is -2.34. The second-order valence-electron chi connectivity index (χ2n) is 5.14. The van der Waals surface area contributed by atoms with Crippen molar-refractivity contribution in [3.05, 3.63) is 35.9 Å². The van der Waals surface area contributed by atoms with Crippen LogP contribution in [-0.4, -0.2) is 33.2 Å². The average molecular weight is 296 g/mol. The molecular formula is C14H20N2O3S. The molecule has 1 aromatic rings. The van der Waals surface area contributed by atoms with Crippen molar-refractivity contribution in [2.75, 3.05) is 18.8 Å². The fourth-order valence-electron chi connectivity index (χ4n) is 2.31. The Morgan fingerprint density at radius 1 is 1.30 bits per heavy atom. The summed E-state index contributed by atoms with van der Waals surface area (Å²) in [7, 11) is -3.54. The van der Waals surface area contributed by atoms with E-state index in [9.17, 15) is 13.2 Å². The maximum absolute atomic E-state index is 11.8. The molecule has 0 saturated carbocycles. The summed E-state index contributed by atoms with van der Waals surface area (Å²) in [6.07, 6.45) is 1.61. The highest BCUT2D eigenvalue weighted by Crippen LogP contribution is 2.12. The first-order valence-corrected chi connectivity index (χ1v) is 8.48. The maximum atomic E-state index is 11.8. The van der Waals surface area contributed by atoms with Crippen molar-refractivity contribution in [1.29, 1.82) is 0 Å². The van der Waals surface area contributed by atoms with Crippen LogP contribution in [0.5, 0.6) is 0 Å². The molecule has 1 fully saturated rings. The molecule has 0 bridgehead atoms. The van der Waals surface area contributed by atoms with Crippen molar-refractivity contribution in [3.63, 3.8) is 0 Å². The summed E-state index contributed by atoms with van der Waals surface area (Å²) >= 11 is 0. The zero-order valence-corrected chi connectivity index (χ0v) is 12.2. The highest BCUT2D eigenvalue weighted by molar-refractivity contribution is 7.90. The summed E-state index contributed by atoms with van der Waals surface area (Å²) in [6.45, 7) is 1.69. The summed E-state index contributed by atoms with van der Waals surface area (Å²) in [5, 5.41) is 3.16. The number of hydrogen-bond donors (Lipinski definition) is 2. The van der Waals surface area contributed by atoms with Crippen LogP contribution in [0, 0.1) is 5.92 Å². The number of amides is 1. The lowest BCUT2D eigenvalue weighted by molar-refractivity contribution is -0.120. The summed E-state index contributed by atoms with van der Waals surface area (Å²) in [4.78, 5) is 11.7. The molecule has 1 atom stereocenters. The van der Waals surface area contributed by atoms with Gasteiger partial charge in [-0.1, -0.05) is 30.3 Å². The summed E-state index contributed by atoms with van der Waals surface area (Å²) in [5.41, 5.74) is 0.949. The molecule has 0 aromatic heterocycles. The number of sulfonamides is 1. The number of benzene rings is 1. The quantitative estimate of drug-likeness (QED) is 0.809. The SMILES string of the molecule is O=C(CC1CCNC1)NS(=O)(=O)CCc1ccccc1. The van der Waals surface area contributed by atoms with E-state index in [1.165, 1.54) is 0 Å². The zero-order valence-electron chi connectivity index (χ0n) is 11.3. The minimum Gasteiger partial charge on any atom is -0.316 e. The monoisotopic (exact) mass is 296 g/mol. The third kappa shape index (κ3) is 4.94. The molecule has 0 aliphatic carbocycles. The maximum Gasteiger partial charge on any atom is 0.235 e. The number of carbonyl (C=O) groups excluding carboxylic acids is 1. The molecule has 2 rings (SSSR count). The third-order valence-electron chi connectivity index (χ3n) is 3.41. The number of hydrogen-bond acceptors (Lipinski definition) is 4. The molecule has 1 aliphatic heterocycles. The molecule has 110 valence electrons. The molecule has 1 unspecified atom stereocenters. The van der Waals surface area contributed by atoms with Gasteiger partial charge in [-0.15, -0.1) is 0 Å². The van der Waals surface area contributed by atoms with Gasteiger partial charge in [0.2, 0.25) is 15.9 Å². The highest BCUT2D eigenvalue weighted by atomic mass is 32.2. The summed E-state index contributed by atoms with van der Waals surface area (Å²) in [5.74, 6) is -0.211. The van der Waals surface area contributed by atoms with Crippen molar-refractivity contribution in [1.82, 2.24) is 10.0 Å². The van der Waals surface area contributed by atoms with Gasteiger partial charge in [0.25, 0.3) is 0 Å². The normalized spacial score (nSPS) is 18.9. The van der Waals surface area contributed by atoms with Crippen molar-refractivity contribution in [2.45, 2.75) is 19.3 Å². The van der Waals surface area contributed by atoms with Gasteiger partial charge in [0, 0.05) is 6.42 Å². The van der Waals surface area contributed by atoms with Crippen LogP contribution in [0.15, 0.2) is 30.3 Å². The Kier molecular flexibility index (Phi) is 5.14. The molecular weight excluding hydrogens is 276 g/mol. The third-order valence-corrected chi connectivity index (χ3v) is 4.69. The largest absolute Gasteiger partial charge is 0.316 e. The van der Waals surface area contributed by atoms with Crippen LogP contribution in [0.3, 0.4) is 0 Å². The van der Waals surface area contributed by atoms with E-state index in [-0.39, 0.29) is 18.1 Å². The number of aryl methyl sites for hydroxylation is 1. The molecule has 1 amide bonds. The molecule has 1 saturated heterocycles. The molecule has 1 aliphatic rings. The van der Waals surface area contributed by atoms with Gasteiger partial charge in [-0.05, 0) is 37.4 Å². The van der Waals surface area contributed by atoms with Crippen molar-refractivity contribution in [3.8, 4) is 0 Å². The first-order chi connectivity index (χ1) is 9.55. The molecule has 0 spiro atoms. The van der Waals surface area contributed by atoms with Crippen LogP contribution in [-0.2, 0) is 21.2 Å². The van der Waals surface area contributed by atoms with Crippen LogP contribution in [0.2, 0.25) is 0 Å². The van der Waals surface area contributed by atoms with E-state index in [1.807, 2.05) is 30.3 Å². The predicted molar refractivity (Wildman–Crippen MR) is 77.7 cm³/mol. The van der Waals surface area contributed by atoms with Crippen LogP contribution in [0.25, 0.3) is 0 Å². The Balaban J connectivity index is 1.79. The van der Waals surface area contributed by atoms with Gasteiger partial charge < -0.3 is 5.32 Å². The van der Waals surface area contributed by atoms with E-state index in [0.29, 0.717) is 6.42 Å². The molecule has 20 heavy (non-hydrogen) atoms. The standard InChI is InChI=1S/C14H20N2O3S/c17-14(10-13-6-8-15-11-13)16-20(18,19)9-7-12-4-2-1-3-5-12/h1-5,13,15H,6-11H2,(H,16,17). The predicted octanol–water partition coefficient (Wildman–Crippen LogP) is 0.675. The van der Waals surface area contributed by atoms with Gasteiger partial charge in [0.05, 0.1) is 5.75 Å². The lowest BCUT2D eigenvalue weighted by atomic mass is 10.1. The fourth-order valence-corrected chi connectivity index (χ4v) is 3.35. The Bertz CT molecular complexity index is 537. The first kappa shape index (κ1) is 15.0. The topological polar surface area (TPSA) is 75.3 Å². The van der Waals surface area contributed by atoms with Crippen molar-refractivity contribution in [2.24, 2.45) is 5.92 Å². The second-order valence-corrected chi connectivity index (χ2v) is 6.98. The van der Waals surface area contributed by atoms with E-state index >= 15 is 0 Å². The Morgan fingerprint density at radius 2 is 2.05 bits per heavy atom. The van der Waals surface area contributed by atoms with Gasteiger partial charge in [0.15, 0.2) is 0 Å². The number of carbonyl (C=O) groups is 1. The molecule has 0 radical (unpaired) electrons. The van der Waals surface area contributed by atoms with Gasteiger partial charge in [0.1, 0.15) is 0 Å². The lowest BCUT2D eigenvalue weighted by Gasteiger charge is -2.10. The highest BCUT2D eigenvalue weighted by Gasteiger charge is 2.21. The number of nitrogens with one attached hydrogen (secondary N) is 2. The Hall–Kier alpha value is -1.40. The molecule has 2 N–H and O–H groups in total. The molecule has 1 heterocycles. The minimum absolute atomic E-state index is 0.0638. The van der Waals surface area contributed by atoms with Gasteiger partial charge >= 0.3 is 0 Å². The fraction of sp³-hybridized carbons (Fsp3) is 0.500. The zero-order chi connectivity index (χ0) is 14.4. The van der Waals surface area contributed by atoms with E-state index in [4.69, 9.17) is 0 Å². The smallest absolute Gasteiger partial charge is 0.235 e. The van der Waals surface area contributed by atoms with E-state index in [0.717, 1.165) is 25.1 Å². The minimum atomic E-state index is -3.54. The molecule has 5 nitrogen and oxygen atoms in total. The Morgan fingerprint density at radius 3 is 2.70 bits per heavy atom. The number of rotatable bonds is 6. The van der Waals surface area contributed by atoms with Gasteiger partial charge in [-0.2, -0.15) is 0 Å². The van der Waals surface area contributed by atoms with Crippen molar-refractivity contribution >= 4 is 15.9 Å². The van der Waals surface area contributed by atoms with E-state index in [2.05, 4.69) is 10.0 Å². The van der Waals surface area contributed by atoms with E-state index < -0.39 is 15.9 Å². The van der Waals surface area contributed by atoms with Crippen LogP contribution < -0.4 is 10.0 Å². The molecule has 6 heteroatoms. The first-order valence-electron chi connectivity index (χ1n) is 6.83.